The molecule has 8 N–H and O–H groups in total. The molecule has 2 aromatic rings. The van der Waals surface area contributed by atoms with Crippen molar-refractivity contribution in [1.82, 2.24) is 10.8 Å². The van der Waals surface area contributed by atoms with Gasteiger partial charge in [0.05, 0.1) is 18.3 Å². The van der Waals surface area contributed by atoms with E-state index in [4.69, 9.17) is 35.4 Å². The molecule has 0 spiro atoms. The van der Waals surface area contributed by atoms with Gasteiger partial charge < -0.3 is 54.9 Å². The Morgan fingerprint density at radius 1 is 1.07 bits per heavy atom. The van der Waals surface area contributed by atoms with Gasteiger partial charge in [0.25, 0.3) is 6.29 Å². The molecular weight excluding hydrogens is 628 g/mol. The Morgan fingerprint density at radius 3 is 2.48 bits per heavy atom. The quantitative estimate of drug-likeness (QED) is 0.136. The van der Waals surface area contributed by atoms with Crippen molar-refractivity contribution in [2.75, 3.05) is 6.79 Å². The van der Waals surface area contributed by atoms with Gasteiger partial charge >= 0.3 is 0 Å². The maximum Gasteiger partial charge on any atom is 0.272 e. The molecule has 0 unspecified atom stereocenters. The Labute approximate surface area is 269 Å². The average Bonchev–Trinajstić information content (AvgIpc) is 3.59. The van der Waals surface area contributed by atoms with Crippen LogP contribution in [0, 0.1) is 0 Å². The molecule has 2 saturated heterocycles. The van der Waals surface area contributed by atoms with E-state index in [-0.39, 0.29) is 41.9 Å². The molecule has 5 rings (SSSR count). The minimum atomic E-state index is -1.91. The summed E-state index contributed by atoms with van der Waals surface area (Å²) in [5.74, 6) is -1.09. The summed E-state index contributed by atoms with van der Waals surface area (Å²) in [4.78, 5) is 18.4. The number of aromatic hydroxyl groups is 1. The van der Waals surface area contributed by atoms with Gasteiger partial charge in [-0.1, -0.05) is 29.8 Å². The first-order chi connectivity index (χ1) is 21.8. The number of hydrogen-bond acceptors (Lipinski definition) is 13. The molecule has 2 aromatic carbocycles. The van der Waals surface area contributed by atoms with E-state index in [0.29, 0.717) is 10.6 Å². The van der Waals surface area contributed by atoms with Crippen molar-refractivity contribution in [2.45, 2.75) is 81.9 Å². The Hall–Kier alpha value is -3.44. The number of fused-ring (bicyclic) bond motifs is 1. The number of ether oxygens (including phenoxy) is 4. The van der Waals surface area contributed by atoms with Crippen molar-refractivity contribution in [1.29, 1.82) is 0 Å². The summed E-state index contributed by atoms with van der Waals surface area (Å²) >= 11 is 5.99. The molecule has 0 aromatic heterocycles. The van der Waals surface area contributed by atoms with Crippen LogP contribution in [0.5, 0.6) is 11.5 Å². The summed E-state index contributed by atoms with van der Waals surface area (Å²) < 4.78 is 22.0. The number of amides is 1. The van der Waals surface area contributed by atoms with Crippen molar-refractivity contribution in [3.8, 4) is 11.5 Å². The molecule has 14 nitrogen and oxygen atoms in total. The van der Waals surface area contributed by atoms with Gasteiger partial charge in [-0.15, -0.1) is 0 Å². The molecule has 2 heterocycles. The van der Waals surface area contributed by atoms with E-state index >= 15 is 0 Å². The molecule has 1 amide bonds. The van der Waals surface area contributed by atoms with Gasteiger partial charge in [-0.25, -0.2) is 0 Å². The largest absolute Gasteiger partial charge is 0.504 e. The Bertz CT molecular complexity index is 1500. The zero-order valence-corrected chi connectivity index (χ0v) is 25.9. The number of allylic oxidation sites excluding steroid dienone is 1. The predicted octanol–water partition coefficient (Wildman–Crippen LogP) is 0.571. The maximum absolute atomic E-state index is 12.9. The highest BCUT2D eigenvalue weighted by Gasteiger charge is 2.54. The molecule has 3 aliphatic rings. The van der Waals surface area contributed by atoms with E-state index in [1.807, 2.05) is 6.07 Å². The molecule has 46 heavy (non-hydrogen) atoms. The fraction of sp³-hybridized carbons (Fsp3) is 0.452. The van der Waals surface area contributed by atoms with Gasteiger partial charge in [0.1, 0.15) is 43.4 Å². The number of rotatable bonds is 9. The third-order valence-corrected chi connectivity index (χ3v) is 8.33. The van der Waals surface area contributed by atoms with Crippen LogP contribution in [-0.2, 0) is 30.4 Å². The second-order valence-corrected chi connectivity index (χ2v) is 12.0. The summed E-state index contributed by atoms with van der Waals surface area (Å²) in [7, 11) is 0. The number of aliphatic hydroxyl groups is 5. The summed E-state index contributed by atoms with van der Waals surface area (Å²) in [6, 6.07) is 10.1. The summed E-state index contributed by atoms with van der Waals surface area (Å²) in [6.45, 7) is 4.39. The number of hydrogen-bond donors (Lipinski definition) is 8. The minimum absolute atomic E-state index is 0.0231. The average molecular weight is 665 g/mol. The predicted molar refractivity (Wildman–Crippen MR) is 161 cm³/mol. The number of nitrogens with one attached hydrogen (secondary N) is 2. The van der Waals surface area contributed by atoms with Gasteiger partial charge in [0, 0.05) is 10.6 Å². The maximum atomic E-state index is 12.9. The number of hydroxylamine groups is 1. The number of phenolic OH excluding ortho intramolecular Hbond substituents is 1. The molecule has 9 atom stereocenters. The zero-order valence-electron chi connectivity index (χ0n) is 25.2. The van der Waals surface area contributed by atoms with E-state index in [1.54, 1.807) is 25.1 Å². The monoisotopic (exact) mass is 664 g/mol. The number of carbonyl (C=O) groups excluding carboxylic acids is 1. The Balaban J connectivity index is 1.21. The Morgan fingerprint density at radius 2 is 1.78 bits per heavy atom. The molecule has 1 aliphatic carbocycles. The van der Waals surface area contributed by atoms with Crippen LogP contribution in [0.25, 0.3) is 6.08 Å². The number of aliphatic hydroxyl groups excluding tert-OH is 4. The van der Waals surface area contributed by atoms with Gasteiger partial charge in [0.15, 0.2) is 22.9 Å². The first-order valence-electron chi connectivity index (χ1n) is 14.4. The van der Waals surface area contributed by atoms with Gasteiger partial charge in [-0.2, -0.15) is 0 Å². The lowest BCUT2D eigenvalue weighted by Gasteiger charge is -2.41. The van der Waals surface area contributed by atoms with Crippen LogP contribution < -0.4 is 15.5 Å². The van der Waals surface area contributed by atoms with E-state index < -0.39 is 60.5 Å². The molecule has 0 radical (unpaired) electrons. The SMILES string of the molecule is CC(=Cc1ccc(O[C@@H]2OC(=C(C)NOCc3cccc(Cl)c3)[C@@H](O)[C@]2(C)O)c(O)c1)C(=O)N[C@@H]1[C@H](O)[C@@H](O)[C@H]2OCO[C@H]2[C@@H]1O. The number of halogens is 1. The van der Waals surface area contributed by atoms with E-state index in [2.05, 4.69) is 10.8 Å². The fourth-order valence-electron chi connectivity index (χ4n) is 5.41. The van der Waals surface area contributed by atoms with Crippen LogP contribution >= 0.6 is 11.6 Å². The van der Waals surface area contributed by atoms with Gasteiger partial charge in [0.2, 0.25) is 5.91 Å². The minimum Gasteiger partial charge on any atom is -0.504 e. The first kappa shape index (κ1) is 33.9. The van der Waals surface area contributed by atoms with Crippen LogP contribution in [0.3, 0.4) is 0 Å². The number of carbonyl (C=O) groups is 1. The summed E-state index contributed by atoms with van der Waals surface area (Å²) in [5, 5.41) is 66.9. The topological polar surface area (TPSA) is 209 Å². The summed E-state index contributed by atoms with van der Waals surface area (Å²) in [6.07, 6.45) is -7.50. The van der Waals surface area contributed by atoms with E-state index in [9.17, 15) is 35.4 Å². The van der Waals surface area contributed by atoms with E-state index in [1.165, 1.54) is 38.1 Å². The van der Waals surface area contributed by atoms with Crippen molar-refractivity contribution >= 4 is 23.6 Å². The van der Waals surface area contributed by atoms with Crippen LogP contribution in [0.1, 0.15) is 31.9 Å². The molecule has 2 aliphatic heterocycles. The molecular formula is C31H37ClN2O12. The van der Waals surface area contributed by atoms with Gasteiger partial charge in [-0.3, -0.25) is 15.1 Å². The molecule has 15 heteroatoms. The lowest BCUT2D eigenvalue weighted by atomic mass is 9.83. The van der Waals surface area contributed by atoms with Crippen molar-refractivity contribution in [2.24, 2.45) is 0 Å². The lowest BCUT2D eigenvalue weighted by Crippen LogP contribution is -2.67. The number of benzene rings is 2. The molecule has 3 fully saturated rings. The van der Waals surface area contributed by atoms with Crippen molar-refractivity contribution in [3.05, 3.63) is 75.6 Å². The van der Waals surface area contributed by atoms with Crippen LogP contribution in [0.2, 0.25) is 5.02 Å². The van der Waals surface area contributed by atoms with Crippen LogP contribution in [0.4, 0.5) is 0 Å². The standard InChI is InChI=1S/C31H37ClN2O12/c1-14(29(40)33-21-22(36)24(38)27-26(23(21)37)42-13-43-27)9-16-7-8-20(19(35)11-16)45-30-31(3,41)28(39)25(46-30)15(2)34-44-12-17-5-4-6-18(32)10-17/h4-11,21-24,26-28,30,34-39,41H,12-13H2,1-3H3,(H,33,40)/t21-,22+,23-,24-,26+,27-,28-,30-,31+/m1/s1. The lowest BCUT2D eigenvalue weighted by molar-refractivity contribution is -0.155. The van der Waals surface area contributed by atoms with E-state index in [0.717, 1.165) is 5.56 Å². The highest BCUT2D eigenvalue weighted by atomic mass is 35.5. The third kappa shape index (κ3) is 6.95. The zero-order chi connectivity index (χ0) is 33.3. The second-order valence-electron chi connectivity index (χ2n) is 11.6. The third-order valence-electron chi connectivity index (χ3n) is 8.10. The van der Waals surface area contributed by atoms with Gasteiger partial charge in [-0.05, 0) is 62.2 Å². The highest BCUT2D eigenvalue weighted by molar-refractivity contribution is 6.30. The first-order valence-corrected chi connectivity index (χ1v) is 14.8. The smallest absolute Gasteiger partial charge is 0.272 e. The summed E-state index contributed by atoms with van der Waals surface area (Å²) in [5.41, 5.74) is 2.41. The molecule has 1 saturated carbocycles. The fourth-order valence-corrected chi connectivity index (χ4v) is 5.62. The molecule has 250 valence electrons. The van der Waals surface area contributed by atoms with Crippen molar-refractivity contribution < 1.29 is 59.2 Å². The second kappa shape index (κ2) is 13.7. The van der Waals surface area contributed by atoms with Crippen LogP contribution in [-0.4, -0.2) is 97.9 Å². The van der Waals surface area contributed by atoms with Crippen LogP contribution in [0.15, 0.2) is 59.5 Å². The normalized spacial score (nSPS) is 33.6. The molecule has 0 bridgehead atoms. The Kier molecular flexibility index (Phi) is 10.1. The number of phenols is 1. The highest BCUT2D eigenvalue weighted by Crippen LogP contribution is 2.39. The van der Waals surface area contributed by atoms with Crippen molar-refractivity contribution in [3.63, 3.8) is 0 Å².